The van der Waals surface area contributed by atoms with Gasteiger partial charge in [-0.15, -0.1) is 0 Å². The maximum Gasteiger partial charge on any atom is 0.316 e. The van der Waals surface area contributed by atoms with E-state index < -0.39 is 30.4 Å². The Kier molecular flexibility index (Phi) is 5.77. The molecule has 26 heavy (non-hydrogen) atoms. The van der Waals surface area contributed by atoms with E-state index in [9.17, 15) is 14.4 Å². The molecular weight excluding hydrogens is 358 g/mol. The van der Waals surface area contributed by atoms with Crippen molar-refractivity contribution in [2.75, 3.05) is 18.9 Å². The molecule has 1 fully saturated rings. The number of esters is 1. The van der Waals surface area contributed by atoms with Crippen LogP contribution in [0, 0.1) is 0 Å². The third-order valence-corrected chi connectivity index (χ3v) is 4.90. The van der Waals surface area contributed by atoms with Crippen molar-refractivity contribution >= 4 is 40.6 Å². The lowest BCUT2D eigenvalue weighted by Crippen LogP contribution is -2.51. The highest BCUT2D eigenvalue weighted by Gasteiger charge is 2.30. The summed E-state index contributed by atoms with van der Waals surface area (Å²) >= 11 is 1.10. The minimum atomic E-state index is -0.621. The van der Waals surface area contributed by atoms with E-state index in [0.29, 0.717) is 29.3 Å². The first-order chi connectivity index (χ1) is 12.5. The van der Waals surface area contributed by atoms with Crippen LogP contribution in [0.4, 0.5) is 0 Å². The van der Waals surface area contributed by atoms with Gasteiger partial charge >= 0.3 is 5.97 Å². The number of para-hydroxylation sites is 2. The number of ether oxygens (including phenoxy) is 1. The summed E-state index contributed by atoms with van der Waals surface area (Å²) < 4.78 is 10.5. The number of rotatable bonds is 6. The summed E-state index contributed by atoms with van der Waals surface area (Å²) in [5.41, 5.74) is 6.68. The van der Waals surface area contributed by atoms with E-state index in [-0.39, 0.29) is 5.75 Å². The summed E-state index contributed by atoms with van der Waals surface area (Å²) in [6.45, 7) is 0.0401. The molecule has 1 aliphatic rings. The van der Waals surface area contributed by atoms with E-state index in [1.807, 2.05) is 18.2 Å². The Bertz CT molecular complexity index is 789. The predicted molar refractivity (Wildman–Crippen MR) is 94.2 cm³/mol. The molecule has 8 nitrogen and oxygen atoms in total. The van der Waals surface area contributed by atoms with Gasteiger partial charge in [0.05, 0.1) is 0 Å². The zero-order valence-corrected chi connectivity index (χ0v) is 14.9. The van der Waals surface area contributed by atoms with Gasteiger partial charge in [0.15, 0.2) is 12.2 Å². The molecular formula is C17H19N3O5S. The van der Waals surface area contributed by atoms with Crippen LogP contribution in [0.1, 0.15) is 19.3 Å². The van der Waals surface area contributed by atoms with Crippen LogP contribution >= 0.6 is 11.8 Å². The molecule has 1 atom stereocenters. The van der Waals surface area contributed by atoms with E-state index in [1.165, 1.54) is 4.90 Å². The molecule has 0 bridgehead atoms. The number of aromatic nitrogens is 1. The number of carbonyl (C=O) groups excluding carboxylic acids is 3. The van der Waals surface area contributed by atoms with Gasteiger partial charge in [0, 0.05) is 6.54 Å². The number of nitrogens with zero attached hydrogens (tertiary/aromatic N) is 2. The van der Waals surface area contributed by atoms with E-state index in [0.717, 1.165) is 24.6 Å². The molecule has 0 saturated carbocycles. The zero-order valence-electron chi connectivity index (χ0n) is 14.1. The van der Waals surface area contributed by atoms with Gasteiger partial charge in [0.2, 0.25) is 5.91 Å². The van der Waals surface area contributed by atoms with Crippen molar-refractivity contribution < 1.29 is 23.5 Å². The van der Waals surface area contributed by atoms with Crippen molar-refractivity contribution in [3.05, 3.63) is 24.3 Å². The fraction of sp³-hybridized carbons (Fsp3) is 0.412. The van der Waals surface area contributed by atoms with Crippen molar-refractivity contribution in [1.29, 1.82) is 0 Å². The van der Waals surface area contributed by atoms with Crippen molar-refractivity contribution in [2.45, 2.75) is 30.5 Å². The molecule has 0 aliphatic carbocycles. The number of piperidine rings is 1. The van der Waals surface area contributed by atoms with Gasteiger partial charge in [-0.25, -0.2) is 4.98 Å². The number of hydrogen-bond donors (Lipinski definition) is 1. The maximum atomic E-state index is 12.2. The average Bonchev–Trinajstić information content (AvgIpc) is 3.07. The molecule has 2 heterocycles. The van der Waals surface area contributed by atoms with Crippen LogP contribution in [-0.4, -0.2) is 52.6 Å². The topological polar surface area (TPSA) is 116 Å². The van der Waals surface area contributed by atoms with Crippen molar-refractivity contribution in [3.63, 3.8) is 0 Å². The fourth-order valence-electron chi connectivity index (χ4n) is 2.83. The minimum Gasteiger partial charge on any atom is -0.455 e. The lowest BCUT2D eigenvalue weighted by Gasteiger charge is -2.33. The highest BCUT2D eigenvalue weighted by Crippen LogP contribution is 2.23. The van der Waals surface area contributed by atoms with E-state index >= 15 is 0 Å². The number of primary amides is 1. The average molecular weight is 377 g/mol. The first-order valence-corrected chi connectivity index (χ1v) is 9.26. The Hall–Kier alpha value is -2.55. The number of likely N-dealkylation sites (tertiary alicyclic amines) is 1. The Morgan fingerprint density at radius 3 is 2.88 bits per heavy atom. The second-order valence-electron chi connectivity index (χ2n) is 5.90. The van der Waals surface area contributed by atoms with Gasteiger partial charge in [-0.1, -0.05) is 23.9 Å². The van der Waals surface area contributed by atoms with Gasteiger partial charge in [-0.2, -0.15) is 0 Å². The van der Waals surface area contributed by atoms with Crippen LogP contribution in [0.25, 0.3) is 11.1 Å². The Balaban J connectivity index is 1.47. The number of benzene rings is 1. The largest absolute Gasteiger partial charge is 0.455 e. The molecule has 0 unspecified atom stereocenters. The fourth-order valence-corrected chi connectivity index (χ4v) is 3.46. The second-order valence-corrected chi connectivity index (χ2v) is 6.82. The monoisotopic (exact) mass is 377 g/mol. The summed E-state index contributed by atoms with van der Waals surface area (Å²) in [6.07, 6.45) is 2.19. The van der Waals surface area contributed by atoms with E-state index in [4.69, 9.17) is 14.9 Å². The smallest absolute Gasteiger partial charge is 0.316 e. The Morgan fingerprint density at radius 2 is 2.12 bits per heavy atom. The van der Waals surface area contributed by atoms with Gasteiger partial charge < -0.3 is 19.8 Å². The molecule has 2 N–H and O–H groups in total. The van der Waals surface area contributed by atoms with Gasteiger partial charge in [-0.3, -0.25) is 14.4 Å². The van der Waals surface area contributed by atoms with Gasteiger partial charge in [-0.05, 0) is 31.4 Å². The number of amides is 2. The molecule has 2 amide bonds. The SMILES string of the molecule is NC(=O)[C@H]1CCCCN1C(=O)COC(=O)CSc1nc2ccccc2o1. The molecule has 9 heteroatoms. The number of oxazole rings is 1. The van der Waals surface area contributed by atoms with Crippen LogP contribution < -0.4 is 5.73 Å². The van der Waals surface area contributed by atoms with Crippen molar-refractivity contribution in [2.24, 2.45) is 5.73 Å². The quantitative estimate of drug-likeness (QED) is 0.596. The predicted octanol–water partition coefficient (Wildman–Crippen LogP) is 1.33. The molecule has 3 rings (SSSR count). The number of carbonyl (C=O) groups is 3. The third-order valence-electron chi connectivity index (χ3n) is 4.10. The maximum absolute atomic E-state index is 12.2. The van der Waals surface area contributed by atoms with E-state index in [1.54, 1.807) is 6.07 Å². The van der Waals surface area contributed by atoms with Crippen LogP contribution in [0.2, 0.25) is 0 Å². The Morgan fingerprint density at radius 1 is 1.31 bits per heavy atom. The Labute approximate surface area is 154 Å². The van der Waals surface area contributed by atoms with Crippen LogP contribution in [0.3, 0.4) is 0 Å². The molecule has 0 spiro atoms. The molecule has 1 saturated heterocycles. The summed E-state index contributed by atoms with van der Waals surface area (Å²) in [4.78, 5) is 41.2. The standard InChI is InChI=1S/C17H19N3O5S/c18-16(23)12-6-3-4-8-20(12)14(21)9-24-15(22)10-26-17-19-11-5-1-2-7-13(11)25-17/h1-2,5,7,12H,3-4,6,8-10H2,(H2,18,23)/t12-/m1/s1. The normalized spacial score (nSPS) is 17.2. The first kappa shape index (κ1) is 18.2. The van der Waals surface area contributed by atoms with Gasteiger partial charge in [0.1, 0.15) is 17.3 Å². The van der Waals surface area contributed by atoms with Crippen LogP contribution in [0.5, 0.6) is 0 Å². The summed E-state index contributed by atoms with van der Waals surface area (Å²) in [7, 11) is 0. The summed E-state index contributed by atoms with van der Waals surface area (Å²) in [5.74, 6) is -1.53. The second kappa shape index (κ2) is 8.22. The highest BCUT2D eigenvalue weighted by atomic mass is 32.2. The molecule has 2 aromatic rings. The van der Waals surface area contributed by atoms with Crippen molar-refractivity contribution in [3.8, 4) is 0 Å². The van der Waals surface area contributed by atoms with Crippen molar-refractivity contribution in [1.82, 2.24) is 9.88 Å². The molecule has 1 aromatic carbocycles. The van der Waals surface area contributed by atoms with Gasteiger partial charge in [0.25, 0.3) is 11.1 Å². The molecule has 138 valence electrons. The number of hydrogen-bond acceptors (Lipinski definition) is 7. The number of nitrogens with two attached hydrogens (primary N) is 1. The van der Waals surface area contributed by atoms with E-state index in [2.05, 4.69) is 4.98 Å². The number of thioether (sulfide) groups is 1. The molecule has 1 aromatic heterocycles. The lowest BCUT2D eigenvalue weighted by molar-refractivity contribution is -0.153. The summed E-state index contributed by atoms with van der Waals surface area (Å²) in [5, 5.41) is 0.360. The highest BCUT2D eigenvalue weighted by molar-refractivity contribution is 7.99. The molecule has 1 aliphatic heterocycles. The third kappa shape index (κ3) is 4.34. The first-order valence-electron chi connectivity index (χ1n) is 8.27. The van der Waals surface area contributed by atoms with Crippen LogP contribution in [0.15, 0.2) is 33.9 Å². The van der Waals surface area contributed by atoms with Crippen LogP contribution in [-0.2, 0) is 19.1 Å². The molecule has 0 radical (unpaired) electrons. The zero-order chi connectivity index (χ0) is 18.5. The number of fused-ring (bicyclic) bond motifs is 1. The minimum absolute atomic E-state index is 0.0284. The lowest BCUT2D eigenvalue weighted by atomic mass is 10.0. The summed E-state index contributed by atoms with van der Waals surface area (Å²) in [6, 6.07) is 6.66.